The van der Waals surface area contributed by atoms with Crippen molar-refractivity contribution in [2.75, 3.05) is 11.1 Å². The number of carbonyl (C=O) groups is 1. The first-order valence-electron chi connectivity index (χ1n) is 9.58. The molecule has 2 aromatic heterocycles. The molecule has 0 fully saturated rings. The summed E-state index contributed by atoms with van der Waals surface area (Å²) in [6, 6.07) is 16.1. The number of nitrogens with one attached hydrogen (secondary N) is 1. The van der Waals surface area contributed by atoms with Crippen LogP contribution >= 0.6 is 23.1 Å². The molecule has 1 atom stereocenters. The summed E-state index contributed by atoms with van der Waals surface area (Å²) in [5.41, 5.74) is 8.50. The van der Waals surface area contributed by atoms with E-state index >= 15 is 0 Å². The number of hydrogen-bond donors (Lipinski definition) is 2. The van der Waals surface area contributed by atoms with Crippen LogP contribution in [-0.2, 0) is 11.2 Å². The summed E-state index contributed by atoms with van der Waals surface area (Å²) in [5.74, 6) is 0.957. The van der Waals surface area contributed by atoms with E-state index < -0.39 is 0 Å². The van der Waals surface area contributed by atoms with Crippen molar-refractivity contribution in [1.29, 1.82) is 0 Å². The lowest BCUT2D eigenvalue weighted by Crippen LogP contribution is -2.55. The fraction of sp³-hybridized carbons (Fsp3) is 0.238. The van der Waals surface area contributed by atoms with Crippen LogP contribution in [0.1, 0.15) is 28.6 Å². The first-order valence-corrected chi connectivity index (χ1v) is 11.4. The fourth-order valence-electron chi connectivity index (χ4n) is 3.18. The first kappa shape index (κ1) is 20.5. The molecule has 4 aromatic rings. The summed E-state index contributed by atoms with van der Waals surface area (Å²) in [4.78, 5) is 13.1. The monoisotopic (exact) mass is 439 g/mol. The van der Waals surface area contributed by atoms with Crippen LogP contribution in [0.3, 0.4) is 0 Å². The van der Waals surface area contributed by atoms with Crippen molar-refractivity contribution in [1.82, 2.24) is 19.8 Å². The Morgan fingerprint density at radius 2 is 2.00 bits per heavy atom. The van der Waals surface area contributed by atoms with Gasteiger partial charge in [0.25, 0.3) is 0 Å². The number of amides is 1. The molecule has 0 aliphatic rings. The Labute approximate surface area is 182 Å². The van der Waals surface area contributed by atoms with E-state index in [1.165, 1.54) is 34.2 Å². The molecule has 0 saturated carbocycles. The topological polar surface area (TPSA) is 99.8 Å². The van der Waals surface area contributed by atoms with Crippen LogP contribution in [-0.4, -0.2) is 31.5 Å². The number of nitrogens with zero attached hydrogens (tertiary/aromatic N) is 4. The minimum absolute atomic E-state index is 0.0581. The zero-order chi connectivity index (χ0) is 21.1. The minimum Gasteiger partial charge on any atom is -0.348 e. The van der Waals surface area contributed by atoms with Gasteiger partial charge >= 0.3 is 0 Å². The van der Waals surface area contributed by atoms with E-state index in [1.807, 2.05) is 44.2 Å². The molecule has 1 unspecified atom stereocenters. The largest absolute Gasteiger partial charge is 0.348 e. The number of fused-ring (bicyclic) bond motifs is 1. The Kier molecular flexibility index (Phi) is 6.12. The van der Waals surface area contributed by atoms with Gasteiger partial charge in [-0.15, -0.1) is 15.3 Å². The van der Waals surface area contributed by atoms with Gasteiger partial charge in [-0.05, 0) is 31.0 Å². The van der Waals surface area contributed by atoms with Gasteiger partial charge in [0.2, 0.25) is 16.7 Å². The molecule has 1 amide bonds. The van der Waals surface area contributed by atoms with Gasteiger partial charge in [0, 0.05) is 12.1 Å². The molecular weight excluding hydrogens is 416 g/mol. The molecule has 4 N–H and O–H groups in total. The first-order chi connectivity index (χ1) is 14.5. The van der Waals surface area contributed by atoms with Crippen LogP contribution in [0.25, 0.3) is 4.96 Å². The van der Waals surface area contributed by atoms with Gasteiger partial charge in [-0.2, -0.15) is 4.52 Å². The van der Waals surface area contributed by atoms with Crippen molar-refractivity contribution in [2.45, 2.75) is 30.6 Å². The number of carbonyl (C=O) groups excluding carboxylic acids is 1. The van der Waals surface area contributed by atoms with E-state index in [4.69, 9.17) is 0 Å². The SMILES string of the molecule is Cc1ccc(NC(=O)CSc2nn3c(C([NH3+])Cc4ccccc4)nnc3s2)c(C)c1. The minimum atomic E-state index is -0.0600. The molecule has 0 radical (unpaired) electrons. The van der Waals surface area contributed by atoms with Gasteiger partial charge in [0.05, 0.1) is 5.75 Å². The van der Waals surface area contributed by atoms with E-state index in [2.05, 4.69) is 44.5 Å². The van der Waals surface area contributed by atoms with Crippen LogP contribution in [0, 0.1) is 13.8 Å². The highest BCUT2D eigenvalue weighted by Crippen LogP contribution is 2.26. The Hall–Kier alpha value is -2.75. The molecule has 0 aliphatic heterocycles. The summed E-state index contributed by atoms with van der Waals surface area (Å²) in [6.07, 6.45) is 0.764. The Bertz CT molecular complexity index is 1170. The number of hydrogen-bond acceptors (Lipinski definition) is 6. The van der Waals surface area contributed by atoms with E-state index in [0.717, 1.165) is 27.8 Å². The maximum atomic E-state index is 12.4. The van der Waals surface area contributed by atoms with E-state index in [1.54, 1.807) is 4.52 Å². The summed E-state index contributed by atoms with van der Waals surface area (Å²) < 4.78 is 2.53. The number of aryl methyl sites for hydroxylation is 2. The van der Waals surface area contributed by atoms with Crippen molar-refractivity contribution in [3.8, 4) is 0 Å². The molecule has 154 valence electrons. The third-order valence-corrected chi connectivity index (χ3v) is 6.70. The van der Waals surface area contributed by atoms with Gasteiger partial charge < -0.3 is 11.1 Å². The Balaban J connectivity index is 1.40. The van der Waals surface area contributed by atoms with E-state index in [9.17, 15) is 4.79 Å². The second-order valence-corrected chi connectivity index (χ2v) is 9.34. The molecule has 0 aliphatic carbocycles. The smallest absolute Gasteiger partial charge is 0.235 e. The fourth-order valence-corrected chi connectivity index (χ4v) is 4.87. The number of quaternary nitrogens is 1. The second-order valence-electron chi connectivity index (χ2n) is 7.16. The molecular formula is C21H23N6OS2+. The van der Waals surface area contributed by atoms with Gasteiger partial charge in [-0.1, -0.05) is 71.1 Å². The number of thioether (sulfide) groups is 1. The number of aromatic nitrogens is 4. The molecule has 0 spiro atoms. The third kappa shape index (κ3) is 4.69. The highest BCUT2D eigenvalue weighted by molar-refractivity contribution is 8.01. The molecule has 30 heavy (non-hydrogen) atoms. The standard InChI is InChI=1S/C21H22N6OS2/c1-13-8-9-17(14(2)10-13)23-18(28)12-29-21-26-27-19(24-25-20(27)30-21)16(22)11-15-6-4-3-5-7-15/h3-10,16H,11-12,22H2,1-2H3,(H,23,28)/p+1. The summed E-state index contributed by atoms with van der Waals surface area (Å²) in [7, 11) is 0. The Morgan fingerprint density at radius 3 is 2.77 bits per heavy atom. The maximum absolute atomic E-state index is 12.4. The second kappa shape index (κ2) is 8.95. The zero-order valence-electron chi connectivity index (χ0n) is 16.8. The predicted octanol–water partition coefficient (Wildman–Crippen LogP) is 3.06. The Morgan fingerprint density at radius 1 is 1.20 bits per heavy atom. The van der Waals surface area contributed by atoms with Gasteiger partial charge in [-0.25, -0.2) is 0 Å². The van der Waals surface area contributed by atoms with Gasteiger partial charge in [0.15, 0.2) is 10.4 Å². The van der Waals surface area contributed by atoms with Crippen molar-refractivity contribution in [2.24, 2.45) is 0 Å². The summed E-state index contributed by atoms with van der Waals surface area (Å²) in [6.45, 7) is 4.03. The van der Waals surface area contributed by atoms with Crippen molar-refractivity contribution < 1.29 is 10.5 Å². The van der Waals surface area contributed by atoms with Gasteiger partial charge in [0.1, 0.15) is 0 Å². The lowest BCUT2D eigenvalue weighted by Gasteiger charge is -2.08. The molecule has 2 heterocycles. The van der Waals surface area contributed by atoms with Crippen LogP contribution in [0.15, 0.2) is 52.9 Å². The number of benzene rings is 2. The lowest BCUT2D eigenvalue weighted by atomic mass is 10.1. The maximum Gasteiger partial charge on any atom is 0.235 e. The van der Waals surface area contributed by atoms with Crippen LogP contribution in [0.4, 0.5) is 5.69 Å². The number of anilines is 1. The molecule has 9 heteroatoms. The third-order valence-electron chi connectivity index (χ3n) is 4.67. The molecule has 7 nitrogen and oxygen atoms in total. The average Bonchev–Trinajstić information content (AvgIpc) is 3.29. The summed E-state index contributed by atoms with van der Waals surface area (Å²) in [5, 5.41) is 16.1. The molecule has 0 bridgehead atoms. The van der Waals surface area contributed by atoms with E-state index in [0.29, 0.717) is 4.96 Å². The van der Waals surface area contributed by atoms with E-state index in [-0.39, 0.29) is 17.7 Å². The lowest BCUT2D eigenvalue weighted by molar-refractivity contribution is -0.428. The van der Waals surface area contributed by atoms with Crippen molar-refractivity contribution in [3.05, 3.63) is 71.0 Å². The highest BCUT2D eigenvalue weighted by atomic mass is 32.2. The highest BCUT2D eigenvalue weighted by Gasteiger charge is 2.21. The predicted molar refractivity (Wildman–Crippen MR) is 120 cm³/mol. The van der Waals surface area contributed by atoms with Crippen molar-refractivity contribution >= 4 is 39.7 Å². The molecule has 4 rings (SSSR count). The number of rotatable bonds is 7. The van der Waals surface area contributed by atoms with Crippen LogP contribution < -0.4 is 11.1 Å². The molecule has 0 saturated heterocycles. The summed E-state index contributed by atoms with van der Waals surface area (Å²) >= 11 is 2.83. The normalized spacial score (nSPS) is 12.2. The quantitative estimate of drug-likeness (QED) is 0.431. The zero-order valence-corrected chi connectivity index (χ0v) is 18.5. The van der Waals surface area contributed by atoms with Gasteiger partial charge in [-0.3, -0.25) is 4.79 Å². The van der Waals surface area contributed by atoms with Crippen LogP contribution in [0.5, 0.6) is 0 Å². The van der Waals surface area contributed by atoms with Crippen molar-refractivity contribution in [3.63, 3.8) is 0 Å². The van der Waals surface area contributed by atoms with Crippen LogP contribution in [0.2, 0.25) is 0 Å². The average molecular weight is 440 g/mol. The molecule has 2 aromatic carbocycles.